The largest absolute Gasteiger partial charge is 0.489 e. The van der Waals surface area contributed by atoms with Gasteiger partial charge in [0.2, 0.25) is 0 Å². The molecule has 21 heavy (non-hydrogen) atoms. The molecule has 0 atom stereocenters. The Balaban J connectivity index is 1.71. The lowest BCUT2D eigenvalue weighted by Crippen LogP contribution is -1.98. The summed E-state index contributed by atoms with van der Waals surface area (Å²) in [5, 5.41) is 9.88. The molecular formula is C16H13NO3S. The van der Waals surface area contributed by atoms with Gasteiger partial charge in [-0.3, -0.25) is 0 Å². The second-order valence-corrected chi connectivity index (χ2v) is 5.89. The molecule has 0 spiro atoms. The lowest BCUT2D eigenvalue weighted by atomic mass is 10.1. The van der Waals surface area contributed by atoms with Gasteiger partial charge in [-0.05, 0) is 42.8 Å². The third kappa shape index (κ3) is 3.03. The molecule has 1 N–H and O–H groups in total. The van der Waals surface area contributed by atoms with Crippen molar-refractivity contribution in [3.63, 3.8) is 0 Å². The summed E-state index contributed by atoms with van der Waals surface area (Å²) in [4.78, 5) is 15.2. The van der Waals surface area contributed by atoms with Crippen LogP contribution in [0.2, 0.25) is 0 Å². The molecular weight excluding hydrogens is 286 g/mol. The van der Waals surface area contributed by atoms with Crippen molar-refractivity contribution in [1.82, 2.24) is 4.98 Å². The highest BCUT2D eigenvalue weighted by molar-refractivity contribution is 7.18. The average Bonchev–Trinajstić information content (AvgIpc) is 2.84. The maximum Gasteiger partial charge on any atom is 0.335 e. The third-order valence-electron chi connectivity index (χ3n) is 3.07. The van der Waals surface area contributed by atoms with E-state index in [4.69, 9.17) is 9.84 Å². The minimum atomic E-state index is -0.923. The monoisotopic (exact) mass is 299 g/mol. The zero-order valence-electron chi connectivity index (χ0n) is 11.4. The van der Waals surface area contributed by atoms with E-state index in [9.17, 15) is 4.79 Å². The minimum absolute atomic E-state index is 0.278. The molecule has 0 bridgehead atoms. The molecule has 0 aliphatic heterocycles. The number of thiazole rings is 1. The van der Waals surface area contributed by atoms with Gasteiger partial charge in [-0.25, -0.2) is 9.78 Å². The quantitative estimate of drug-likeness (QED) is 0.794. The smallest absolute Gasteiger partial charge is 0.335 e. The van der Waals surface area contributed by atoms with Crippen molar-refractivity contribution in [1.29, 1.82) is 0 Å². The van der Waals surface area contributed by atoms with Crippen molar-refractivity contribution < 1.29 is 14.6 Å². The lowest BCUT2D eigenvalue weighted by molar-refractivity contribution is 0.0697. The van der Waals surface area contributed by atoms with Crippen LogP contribution < -0.4 is 4.74 Å². The number of aryl methyl sites for hydroxylation is 1. The molecule has 0 unspecified atom stereocenters. The SMILES string of the molecule is Cc1nc2ccc(OCc3ccc(C(=O)O)cc3)cc2s1. The highest BCUT2D eigenvalue weighted by Gasteiger charge is 2.04. The van der Waals surface area contributed by atoms with Gasteiger partial charge in [0.05, 0.1) is 20.8 Å². The Kier molecular flexibility index (Phi) is 3.58. The summed E-state index contributed by atoms with van der Waals surface area (Å²) in [6.45, 7) is 2.39. The van der Waals surface area contributed by atoms with Crippen LogP contribution in [-0.2, 0) is 6.61 Å². The molecule has 106 valence electrons. The van der Waals surface area contributed by atoms with Gasteiger partial charge < -0.3 is 9.84 Å². The van der Waals surface area contributed by atoms with Crippen molar-refractivity contribution in [3.8, 4) is 5.75 Å². The molecule has 4 nitrogen and oxygen atoms in total. The van der Waals surface area contributed by atoms with E-state index in [0.717, 1.165) is 26.5 Å². The molecule has 0 saturated carbocycles. The maximum atomic E-state index is 10.8. The van der Waals surface area contributed by atoms with Crippen LogP contribution in [0.3, 0.4) is 0 Å². The summed E-state index contributed by atoms with van der Waals surface area (Å²) in [6.07, 6.45) is 0. The molecule has 0 saturated heterocycles. The summed E-state index contributed by atoms with van der Waals surface area (Å²) >= 11 is 1.64. The van der Waals surface area contributed by atoms with Crippen molar-refractivity contribution in [2.45, 2.75) is 13.5 Å². The van der Waals surface area contributed by atoms with Crippen molar-refractivity contribution >= 4 is 27.5 Å². The van der Waals surface area contributed by atoms with E-state index in [2.05, 4.69) is 4.98 Å². The molecule has 2 aromatic carbocycles. The molecule has 3 rings (SSSR count). The van der Waals surface area contributed by atoms with Gasteiger partial charge in [0, 0.05) is 0 Å². The fraction of sp³-hybridized carbons (Fsp3) is 0.125. The molecule has 3 aromatic rings. The van der Waals surface area contributed by atoms with Crippen LogP contribution in [0.1, 0.15) is 20.9 Å². The summed E-state index contributed by atoms with van der Waals surface area (Å²) in [6, 6.07) is 12.5. The predicted octanol–water partition coefficient (Wildman–Crippen LogP) is 3.88. The number of hydrogen-bond donors (Lipinski definition) is 1. The second-order valence-electron chi connectivity index (χ2n) is 4.65. The maximum absolute atomic E-state index is 10.8. The van der Waals surface area contributed by atoms with Crippen molar-refractivity contribution in [2.75, 3.05) is 0 Å². The van der Waals surface area contributed by atoms with Crippen LogP contribution in [0.5, 0.6) is 5.75 Å². The van der Waals surface area contributed by atoms with E-state index < -0.39 is 5.97 Å². The van der Waals surface area contributed by atoms with Gasteiger partial charge in [-0.15, -0.1) is 11.3 Å². The van der Waals surface area contributed by atoms with Gasteiger partial charge >= 0.3 is 5.97 Å². The van der Waals surface area contributed by atoms with E-state index >= 15 is 0 Å². The standard InChI is InChI=1S/C16H13NO3S/c1-10-17-14-7-6-13(8-15(14)21-10)20-9-11-2-4-12(5-3-11)16(18)19/h2-8H,9H2,1H3,(H,18,19). The Morgan fingerprint density at radius 1 is 1.24 bits per heavy atom. The van der Waals surface area contributed by atoms with Crippen molar-refractivity contribution in [3.05, 3.63) is 58.6 Å². The number of carboxylic acid groups (broad SMARTS) is 1. The number of aromatic nitrogens is 1. The van der Waals surface area contributed by atoms with Gasteiger partial charge in [0.25, 0.3) is 0 Å². The highest BCUT2D eigenvalue weighted by Crippen LogP contribution is 2.26. The Bertz CT molecular complexity index is 793. The number of ether oxygens (including phenoxy) is 1. The number of carboxylic acids is 1. The molecule has 1 aromatic heterocycles. The number of rotatable bonds is 4. The lowest BCUT2D eigenvalue weighted by Gasteiger charge is -2.06. The fourth-order valence-electron chi connectivity index (χ4n) is 2.02. The van der Waals surface area contributed by atoms with E-state index in [1.165, 1.54) is 0 Å². The summed E-state index contributed by atoms with van der Waals surface area (Å²) in [5.41, 5.74) is 2.19. The first kappa shape index (κ1) is 13.6. The van der Waals surface area contributed by atoms with Gasteiger partial charge in [-0.1, -0.05) is 12.1 Å². The average molecular weight is 299 g/mol. The second kappa shape index (κ2) is 5.54. The van der Waals surface area contributed by atoms with E-state index in [1.54, 1.807) is 35.6 Å². The number of aromatic carboxylic acids is 1. The predicted molar refractivity (Wildman–Crippen MR) is 82.1 cm³/mol. The number of carbonyl (C=O) groups is 1. The molecule has 0 aliphatic rings. The summed E-state index contributed by atoms with van der Waals surface area (Å²) in [5.74, 6) is -0.137. The van der Waals surface area contributed by atoms with Crippen LogP contribution in [0.15, 0.2) is 42.5 Å². The zero-order valence-corrected chi connectivity index (χ0v) is 12.2. The molecule has 0 radical (unpaired) electrons. The van der Waals surface area contributed by atoms with Gasteiger partial charge in [0.1, 0.15) is 12.4 Å². The molecule has 0 aliphatic carbocycles. The number of nitrogens with zero attached hydrogens (tertiary/aromatic N) is 1. The van der Waals surface area contributed by atoms with Crippen LogP contribution in [0, 0.1) is 6.92 Å². The molecule has 1 heterocycles. The van der Waals surface area contributed by atoms with Crippen LogP contribution in [0.25, 0.3) is 10.2 Å². The first-order valence-electron chi connectivity index (χ1n) is 6.44. The topological polar surface area (TPSA) is 59.4 Å². The normalized spacial score (nSPS) is 10.7. The molecule has 5 heteroatoms. The van der Waals surface area contributed by atoms with Crippen LogP contribution in [0.4, 0.5) is 0 Å². The Morgan fingerprint density at radius 3 is 2.71 bits per heavy atom. The van der Waals surface area contributed by atoms with Crippen LogP contribution >= 0.6 is 11.3 Å². The summed E-state index contributed by atoms with van der Waals surface area (Å²) < 4.78 is 6.84. The molecule has 0 amide bonds. The number of hydrogen-bond acceptors (Lipinski definition) is 4. The first-order valence-corrected chi connectivity index (χ1v) is 7.26. The Hall–Kier alpha value is -2.40. The van der Waals surface area contributed by atoms with Crippen molar-refractivity contribution in [2.24, 2.45) is 0 Å². The van der Waals surface area contributed by atoms with Gasteiger partial charge in [-0.2, -0.15) is 0 Å². The molecule has 0 fully saturated rings. The number of benzene rings is 2. The Labute approximate surface area is 125 Å². The Morgan fingerprint density at radius 2 is 2.00 bits per heavy atom. The third-order valence-corrected chi connectivity index (χ3v) is 4.01. The van der Waals surface area contributed by atoms with E-state index in [0.29, 0.717) is 6.61 Å². The first-order chi connectivity index (χ1) is 10.1. The van der Waals surface area contributed by atoms with Crippen LogP contribution in [-0.4, -0.2) is 16.1 Å². The van der Waals surface area contributed by atoms with E-state index in [-0.39, 0.29) is 5.56 Å². The zero-order chi connectivity index (χ0) is 14.8. The van der Waals surface area contributed by atoms with E-state index in [1.807, 2.05) is 25.1 Å². The number of fused-ring (bicyclic) bond motifs is 1. The minimum Gasteiger partial charge on any atom is -0.489 e. The fourth-order valence-corrected chi connectivity index (χ4v) is 2.88. The summed E-state index contributed by atoms with van der Waals surface area (Å²) in [7, 11) is 0. The van der Waals surface area contributed by atoms with Gasteiger partial charge in [0.15, 0.2) is 0 Å². The highest BCUT2D eigenvalue weighted by atomic mass is 32.1.